The lowest BCUT2D eigenvalue weighted by Gasteiger charge is -2.16. The molecule has 0 radical (unpaired) electrons. The Kier molecular flexibility index (Phi) is 8.27. The lowest BCUT2D eigenvalue weighted by Crippen LogP contribution is -2.00. The summed E-state index contributed by atoms with van der Waals surface area (Å²) < 4.78 is 6.96. The predicted molar refractivity (Wildman–Crippen MR) is 226 cm³/mol. The van der Waals surface area contributed by atoms with Crippen LogP contribution in [-0.4, -0.2) is 15.0 Å². The molecule has 0 spiro atoms. The van der Waals surface area contributed by atoms with Crippen molar-refractivity contribution in [3.63, 3.8) is 0 Å². The quantitative estimate of drug-likeness (QED) is 0.166. The molecule has 0 bridgehead atoms. The van der Waals surface area contributed by atoms with Crippen molar-refractivity contribution in [2.24, 2.45) is 0 Å². The Morgan fingerprint density at radius 1 is 0.400 bits per heavy atom. The molecule has 0 saturated heterocycles. The Morgan fingerprint density at radius 3 is 1.58 bits per heavy atom. The van der Waals surface area contributed by atoms with Gasteiger partial charge in [0, 0.05) is 33.0 Å². The van der Waals surface area contributed by atoms with E-state index in [-0.39, 0.29) is 0 Å². The maximum Gasteiger partial charge on any atom is 0.164 e. The molecule has 7 aromatic carbocycles. The van der Waals surface area contributed by atoms with Crippen LogP contribution in [-0.2, 0) is 0 Å². The van der Waals surface area contributed by atoms with Crippen molar-refractivity contribution in [3.8, 4) is 67.5 Å². The van der Waals surface area contributed by atoms with Crippen LogP contribution in [0.2, 0.25) is 0 Å². The van der Waals surface area contributed by atoms with Crippen LogP contribution in [0, 0.1) is 0 Å². The van der Waals surface area contributed by atoms with Crippen LogP contribution in [0.4, 0.5) is 0 Å². The number of aromatic nitrogens is 3. The van der Waals surface area contributed by atoms with Crippen molar-refractivity contribution in [1.82, 2.24) is 15.0 Å². The summed E-state index contributed by atoms with van der Waals surface area (Å²) in [6.07, 6.45) is 8.98. The Morgan fingerprint density at radius 2 is 0.945 bits per heavy atom. The van der Waals surface area contributed by atoms with Gasteiger partial charge in [0.05, 0.1) is 0 Å². The minimum Gasteiger partial charge on any atom is -0.455 e. The highest BCUT2D eigenvalue weighted by molar-refractivity contribution is 6.17. The molecule has 0 saturated carbocycles. The topological polar surface area (TPSA) is 51.8 Å². The molecule has 2 heterocycles. The zero-order chi connectivity index (χ0) is 36.6. The average molecular weight is 706 g/mol. The summed E-state index contributed by atoms with van der Waals surface area (Å²) in [6.45, 7) is 0. The van der Waals surface area contributed by atoms with Crippen LogP contribution < -0.4 is 0 Å². The zero-order valence-electron chi connectivity index (χ0n) is 30.1. The number of allylic oxidation sites excluding steroid dienone is 4. The first-order valence-corrected chi connectivity index (χ1v) is 18.8. The van der Waals surface area contributed by atoms with Crippen LogP contribution in [0.25, 0.3) is 95.1 Å². The highest BCUT2D eigenvalue weighted by Gasteiger charge is 2.23. The van der Waals surface area contributed by atoms with Crippen molar-refractivity contribution in [2.45, 2.75) is 12.8 Å². The number of benzene rings is 7. The fraction of sp³-hybridized carbons (Fsp3) is 0.0392. The zero-order valence-corrected chi connectivity index (χ0v) is 30.1. The Bertz CT molecular complexity index is 2850. The lowest BCUT2D eigenvalue weighted by molar-refractivity contribution is 0.670. The van der Waals surface area contributed by atoms with Crippen LogP contribution in [0.15, 0.2) is 193 Å². The fourth-order valence-corrected chi connectivity index (χ4v) is 7.79. The van der Waals surface area contributed by atoms with E-state index in [4.69, 9.17) is 19.4 Å². The molecule has 55 heavy (non-hydrogen) atoms. The van der Waals surface area contributed by atoms with Gasteiger partial charge >= 0.3 is 0 Å². The van der Waals surface area contributed by atoms with E-state index in [0.717, 1.165) is 79.3 Å². The summed E-state index contributed by atoms with van der Waals surface area (Å²) >= 11 is 0. The SMILES string of the molecule is C1=CC(c2ccccc2-c2cc(-c3ccccc3-c3ccccc3)c3oc4cccc(-c5nc(-c6ccccc6)nc(-c6ccccc6)n5)c4c3c2)=CCC1. The molecular weight excluding hydrogens is 671 g/mol. The molecule has 4 heteroatoms. The van der Waals surface area contributed by atoms with Gasteiger partial charge in [0.2, 0.25) is 0 Å². The molecule has 10 rings (SSSR count). The van der Waals surface area contributed by atoms with E-state index in [1.54, 1.807) is 0 Å². The maximum absolute atomic E-state index is 6.96. The Hall–Kier alpha value is -7.17. The molecule has 0 atom stereocenters. The molecule has 0 N–H and O–H groups in total. The first-order valence-electron chi connectivity index (χ1n) is 18.8. The van der Waals surface area contributed by atoms with Crippen molar-refractivity contribution in [2.75, 3.05) is 0 Å². The van der Waals surface area contributed by atoms with Crippen molar-refractivity contribution >= 4 is 27.5 Å². The largest absolute Gasteiger partial charge is 0.455 e. The summed E-state index contributed by atoms with van der Waals surface area (Å²) in [5, 5.41) is 1.98. The molecule has 4 nitrogen and oxygen atoms in total. The summed E-state index contributed by atoms with van der Waals surface area (Å²) in [4.78, 5) is 15.3. The van der Waals surface area contributed by atoms with Crippen molar-refractivity contribution < 1.29 is 4.42 Å². The van der Waals surface area contributed by atoms with Gasteiger partial charge in [-0.15, -0.1) is 0 Å². The van der Waals surface area contributed by atoms with Gasteiger partial charge in [-0.05, 0) is 70.0 Å². The van der Waals surface area contributed by atoms with Crippen LogP contribution in [0.5, 0.6) is 0 Å². The number of hydrogen-bond acceptors (Lipinski definition) is 4. The number of hydrogen-bond donors (Lipinski definition) is 0. The van der Waals surface area contributed by atoms with Crippen LogP contribution in [0.1, 0.15) is 18.4 Å². The van der Waals surface area contributed by atoms with Gasteiger partial charge in [-0.1, -0.05) is 170 Å². The molecular formula is C51H35N3O. The molecule has 2 aromatic heterocycles. The second-order valence-electron chi connectivity index (χ2n) is 13.8. The molecule has 0 unspecified atom stereocenters. The van der Waals surface area contributed by atoms with E-state index >= 15 is 0 Å². The van der Waals surface area contributed by atoms with E-state index in [0.29, 0.717) is 17.5 Å². The third kappa shape index (κ3) is 6.04. The van der Waals surface area contributed by atoms with Crippen LogP contribution >= 0.6 is 0 Å². The standard InChI is InChI=1S/C51H35N3O/c1-5-18-34(19-6-1)39-26-13-14-28-41(39)38-32-44(42-29-16-15-27-40(42)35-20-7-2-8-21-35)48-45(33-38)47-43(30-17-31-46(47)55-48)51-53-49(36-22-9-3-10-23-36)52-50(54-51)37-24-11-4-12-25-37/h2-5,7-33H,1,6H2. The summed E-state index contributed by atoms with van der Waals surface area (Å²) in [7, 11) is 0. The van der Waals surface area contributed by atoms with Gasteiger partial charge in [0.1, 0.15) is 11.2 Å². The third-order valence-electron chi connectivity index (χ3n) is 10.4. The van der Waals surface area contributed by atoms with E-state index in [9.17, 15) is 0 Å². The highest BCUT2D eigenvalue weighted by atomic mass is 16.3. The molecule has 9 aromatic rings. The van der Waals surface area contributed by atoms with Gasteiger partial charge < -0.3 is 4.42 Å². The predicted octanol–water partition coefficient (Wildman–Crippen LogP) is 13.5. The van der Waals surface area contributed by atoms with Crippen molar-refractivity contribution in [3.05, 3.63) is 194 Å². The monoisotopic (exact) mass is 705 g/mol. The molecule has 0 aliphatic heterocycles. The first-order chi connectivity index (χ1) is 27.3. The van der Waals surface area contributed by atoms with E-state index in [1.165, 1.54) is 16.7 Å². The molecule has 1 aliphatic rings. The Labute approximate surface area is 319 Å². The Balaban J connectivity index is 1.28. The van der Waals surface area contributed by atoms with Gasteiger partial charge in [-0.25, -0.2) is 15.0 Å². The molecule has 260 valence electrons. The van der Waals surface area contributed by atoms with Gasteiger partial charge in [0.25, 0.3) is 0 Å². The third-order valence-corrected chi connectivity index (χ3v) is 10.4. The normalized spacial score (nSPS) is 12.6. The lowest BCUT2D eigenvalue weighted by atomic mass is 9.87. The molecule has 0 amide bonds. The number of rotatable bonds is 7. The minimum atomic E-state index is 0.593. The van der Waals surface area contributed by atoms with Gasteiger partial charge in [0.15, 0.2) is 17.5 Å². The molecule has 0 fully saturated rings. The molecule has 1 aliphatic carbocycles. The number of fused-ring (bicyclic) bond motifs is 3. The van der Waals surface area contributed by atoms with Gasteiger partial charge in [-0.3, -0.25) is 0 Å². The minimum absolute atomic E-state index is 0.593. The second-order valence-corrected chi connectivity index (χ2v) is 13.8. The van der Waals surface area contributed by atoms with E-state index in [1.807, 2.05) is 72.8 Å². The average Bonchev–Trinajstić information content (AvgIpc) is 3.66. The summed E-state index contributed by atoms with van der Waals surface area (Å²) in [6, 6.07) is 59.0. The number of nitrogens with zero attached hydrogens (tertiary/aromatic N) is 3. The summed E-state index contributed by atoms with van der Waals surface area (Å²) in [5.74, 6) is 1.83. The highest BCUT2D eigenvalue weighted by Crippen LogP contribution is 2.46. The van der Waals surface area contributed by atoms with Crippen LogP contribution in [0.3, 0.4) is 0 Å². The smallest absolute Gasteiger partial charge is 0.164 e. The fourth-order valence-electron chi connectivity index (χ4n) is 7.79. The van der Waals surface area contributed by atoms with Crippen molar-refractivity contribution in [1.29, 1.82) is 0 Å². The maximum atomic E-state index is 6.96. The summed E-state index contributed by atoms with van der Waals surface area (Å²) in [5.41, 5.74) is 13.5. The van der Waals surface area contributed by atoms with E-state index in [2.05, 4.69) is 115 Å². The first kappa shape index (κ1) is 32.5. The second kappa shape index (κ2) is 14.0. The number of furan rings is 1. The van der Waals surface area contributed by atoms with E-state index < -0.39 is 0 Å². The van der Waals surface area contributed by atoms with Gasteiger partial charge in [-0.2, -0.15) is 0 Å².